The van der Waals surface area contributed by atoms with Crippen molar-refractivity contribution in [2.24, 2.45) is 4.36 Å². The number of aromatic nitrogens is 6. The Kier molecular flexibility index (Phi) is 7.45. The molecule has 0 bridgehead atoms. The normalized spacial score (nSPS) is 17.0. The fourth-order valence-corrected chi connectivity index (χ4v) is 7.74. The van der Waals surface area contributed by atoms with Gasteiger partial charge in [0.1, 0.15) is 11.9 Å². The van der Waals surface area contributed by atoms with Crippen LogP contribution in [0.4, 0.5) is 11.5 Å². The Labute approximate surface area is 255 Å². The maximum absolute atomic E-state index is 13.4. The van der Waals surface area contributed by atoms with Crippen LogP contribution in [-0.2, 0) is 9.73 Å². The van der Waals surface area contributed by atoms with Crippen LogP contribution in [0, 0.1) is 11.3 Å². The monoisotopic (exact) mass is 608 g/mol. The largest absolute Gasteiger partial charge is 0.481 e. The van der Waals surface area contributed by atoms with Crippen molar-refractivity contribution in [2.75, 3.05) is 49.7 Å². The summed E-state index contributed by atoms with van der Waals surface area (Å²) >= 11 is 0. The molecule has 0 aliphatic carbocycles. The molecule has 2 aliphatic rings. The van der Waals surface area contributed by atoms with Crippen LogP contribution in [0.2, 0.25) is 0 Å². The molecule has 0 radical (unpaired) electrons. The molecule has 13 heteroatoms. The van der Waals surface area contributed by atoms with Crippen LogP contribution in [0.3, 0.4) is 0 Å². The molecule has 0 saturated carbocycles. The number of nitrogens with one attached hydrogen (secondary N) is 1. The molecule has 2 aliphatic heterocycles. The lowest BCUT2D eigenvalue weighted by molar-refractivity contribution is 0.343. The molecular formula is C31H32N10O2S. The van der Waals surface area contributed by atoms with E-state index in [2.05, 4.69) is 52.8 Å². The van der Waals surface area contributed by atoms with E-state index in [1.807, 2.05) is 30.7 Å². The summed E-state index contributed by atoms with van der Waals surface area (Å²) in [4.78, 5) is 11.1. The van der Waals surface area contributed by atoms with Crippen molar-refractivity contribution in [2.45, 2.75) is 18.9 Å². The van der Waals surface area contributed by atoms with Gasteiger partial charge < -0.3 is 15.0 Å². The van der Waals surface area contributed by atoms with Gasteiger partial charge in [0, 0.05) is 71.5 Å². The number of hydrogen-bond donors (Lipinski definition) is 1. The number of nitrogens with zero attached hydrogens (tertiary/aromatic N) is 9. The number of rotatable bonds is 6. The van der Waals surface area contributed by atoms with E-state index in [4.69, 9.17) is 9.72 Å². The van der Waals surface area contributed by atoms with Gasteiger partial charge in [-0.2, -0.15) is 19.8 Å². The van der Waals surface area contributed by atoms with E-state index in [0.29, 0.717) is 47.8 Å². The molecule has 2 fully saturated rings. The molecule has 0 aromatic carbocycles. The van der Waals surface area contributed by atoms with Crippen LogP contribution >= 0.6 is 0 Å². The Morgan fingerprint density at radius 3 is 2.52 bits per heavy atom. The number of hydrogen-bond acceptors (Lipinski definition) is 10. The summed E-state index contributed by atoms with van der Waals surface area (Å²) in [5.74, 6) is 2.19. The second-order valence-corrected chi connectivity index (χ2v) is 13.6. The predicted molar refractivity (Wildman–Crippen MR) is 168 cm³/mol. The van der Waals surface area contributed by atoms with E-state index < -0.39 is 9.73 Å². The minimum Gasteiger partial charge on any atom is -0.481 e. The molecule has 0 atom stereocenters. The second kappa shape index (κ2) is 11.7. The predicted octanol–water partition coefficient (Wildman–Crippen LogP) is 4.08. The zero-order valence-corrected chi connectivity index (χ0v) is 25.2. The number of piperidine rings is 1. The fraction of sp³-hybridized carbons (Fsp3) is 0.323. The first-order chi connectivity index (χ1) is 21.5. The highest BCUT2D eigenvalue weighted by Crippen LogP contribution is 2.33. The molecule has 0 unspecified atom stereocenters. The Hall–Kier alpha value is -4.80. The van der Waals surface area contributed by atoms with Gasteiger partial charge in [-0.1, -0.05) is 0 Å². The number of pyridine rings is 3. The smallest absolute Gasteiger partial charge is 0.213 e. The number of ether oxygens (including phenoxy) is 1. The van der Waals surface area contributed by atoms with Crippen molar-refractivity contribution in [3.63, 3.8) is 0 Å². The molecule has 5 aromatic heterocycles. The molecule has 224 valence electrons. The lowest BCUT2D eigenvalue weighted by atomic mass is 10.0. The minimum atomic E-state index is -2.39. The number of fused-ring (bicyclic) bond motifs is 1. The molecule has 1 N–H and O–H groups in total. The highest BCUT2D eigenvalue weighted by atomic mass is 32.2. The molecule has 5 aromatic rings. The third-order valence-electron chi connectivity index (χ3n) is 8.29. The van der Waals surface area contributed by atoms with Gasteiger partial charge in [0.15, 0.2) is 0 Å². The van der Waals surface area contributed by atoms with E-state index >= 15 is 0 Å². The average Bonchev–Trinajstić information content (AvgIpc) is 3.73. The van der Waals surface area contributed by atoms with E-state index in [9.17, 15) is 9.47 Å². The number of anilines is 1. The van der Waals surface area contributed by atoms with Gasteiger partial charge in [-0.3, -0.25) is 4.68 Å². The quantitative estimate of drug-likeness (QED) is 0.302. The van der Waals surface area contributed by atoms with E-state index in [-0.39, 0.29) is 0 Å². The summed E-state index contributed by atoms with van der Waals surface area (Å²) in [6.45, 7) is 3.16. The van der Waals surface area contributed by atoms with Gasteiger partial charge in [0.05, 0.1) is 58.2 Å². The maximum Gasteiger partial charge on any atom is 0.213 e. The van der Waals surface area contributed by atoms with E-state index in [1.165, 1.54) is 0 Å². The van der Waals surface area contributed by atoms with Crippen LogP contribution in [0.1, 0.15) is 24.4 Å². The van der Waals surface area contributed by atoms with Crippen molar-refractivity contribution in [1.29, 1.82) is 5.26 Å². The van der Waals surface area contributed by atoms with E-state index in [0.717, 1.165) is 59.5 Å². The molecule has 44 heavy (non-hydrogen) atoms. The zero-order chi connectivity index (χ0) is 30.1. The van der Waals surface area contributed by atoms with Crippen molar-refractivity contribution < 1.29 is 8.95 Å². The van der Waals surface area contributed by atoms with Crippen molar-refractivity contribution in [3.8, 4) is 34.2 Å². The van der Waals surface area contributed by atoms with Crippen molar-refractivity contribution in [3.05, 3.63) is 73.1 Å². The third-order valence-corrected chi connectivity index (χ3v) is 10.5. The third kappa shape index (κ3) is 5.49. The van der Waals surface area contributed by atoms with Crippen LogP contribution < -0.4 is 15.0 Å². The molecule has 7 heterocycles. The summed E-state index contributed by atoms with van der Waals surface area (Å²) in [5.41, 5.74) is 5.55. The van der Waals surface area contributed by atoms with Crippen LogP contribution in [0.25, 0.3) is 27.8 Å². The second-order valence-electron chi connectivity index (χ2n) is 11.0. The Morgan fingerprint density at radius 2 is 1.82 bits per heavy atom. The first kappa shape index (κ1) is 28.0. The van der Waals surface area contributed by atoms with Crippen LogP contribution in [0.15, 0.2) is 71.9 Å². The van der Waals surface area contributed by atoms with Gasteiger partial charge in [0.25, 0.3) is 0 Å². The molecule has 7 rings (SSSR count). The lowest BCUT2D eigenvalue weighted by Gasteiger charge is -2.29. The summed E-state index contributed by atoms with van der Waals surface area (Å²) < 4.78 is 26.9. The first-order valence-corrected chi connectivity index (χ1v) is 16.5. The summed E-state index contributed by atoms with van der Waals surface area (Å²) in [5, 5.41) is 22.4. The minimum absolute atomic E-state index is 0.385. The van der Waals surface area contributed by atoms with Gasteiger partial charge >= 0.3 is 0 Å². The van der Waals surface area contributed by atoms with Gasteiger partial charge in [-0.15, -0.1) is 0 Å². The van der Waals surface area contributed by atoms with Crippen LogP contribution in [-0.4, -0.2) is 78.4 Å². The number of methoxy groups -OCH3 is 1. The van der Waals surface area contributed by atoms with Gasteiger partial charge in [-0.05, 0) is 50.2 Å². The standard InChI is InChI=1S/C31H32N10O2S/c1-43-30-5-3-26(19-35-30)38-44(42)12-10-39(11-13-44)29-4-2-22(16-34-29)28-14-23(20-41-31(28)24(15-32)17-37-41)25-18-36-40(21-25)27-6-8-33-9-7-27/h2-5,14,16-21,27,33H,6-13H2,1H3. The summed E-state index contributed by atoms with van der Waals surface area (Å²) in [6, 6.07) is 12.2. The van der Waals surface area contributed by atoms with Crippen LogP contribution in [0.5, 0.6) is 5.88 Å². The number of nitriles is 1. The van der Waals surface area contributed by atoms with Gasteiger partial charge in [0.2, 0.25) is 5.88 Å². The zero-order valence-electron chi connectivity index (χ0n) is 24.3. The first-order valence-electron chi connectivity index (χ1n) is 14.6. The SMILES string of the molecule is COc1ccc(N=S2(=O)CCN(c3ccc(-c4cc(-c5cnn(C6CCNCC6)c5)cn5ncc(C#N)c45)cn3)CC2)cn1. The van der Waals surface area contributed by atoms with Crippen molar-refractivity contribution >= 4 is 26.8 Å². The molecule has 0 amide bonds. The maximum atomic E-state index is 13.4. The highest BCUT2D eigenvalue weighted by molar-refractivity contribution is 7.93. The highest BCUT2D eigenvalue weighted by Gasteiger charge is 2.23. The van der Waals surface area contributed by atoms with E-state index in [1.54, 1.807) is 36.2 Å². The molecule has 0 spiro atoms. The summed E-state index contributed by atoms with van der Waals surface area (Å²) in [6.07, 6.45) is 13.1. The fourth-order valence-electron chi connectivity index (χ4n) is 5.85. The van der Waals surface area contributed by atoms with Gasteiger partial charge in [-0.25, -0.2) is 18.7 Å². The molecule has 2 saturated heterocycles. The lowest BCUT2D eigenvalue weighted by Crippen LogP contribution is -2.40. The average molecular weight is 609 g/mol. The summed E-state index contributed by atoms with van der Waals surface area (Å²) in [7, 11) is -0.836. The Bertz CT molecular complexity index is 1950. The molecule has 12 nitrogen and oxygen atoms in total. The van der Waals surface area contributed by atoms with Crippen molar-refractivity contribution in [1.82, 2.24) is 34.7 Å². The Morgan fingerprint density at radius 1 is 0.977 bits per heavy atom. The topological polar surface area (TPSA) is 139 Å². The molecular weight excluding hydrogens is 576 g/mol. The Balaban J connectivity index is 1.14.